The molecular weight excluding hydrogens is 442 g/mol. The first-order valence-electron chi connectivity index (χ1n) is 11.8. The molecule has 3 saturated carbocycles. The van der Waals surface area contributed by atoms with Crippen molar-refractivity contribution in [1.29, 1.82) is 0 Å². The number of rotatable bonds is 5. The standard InChI is InChI=1S/C25H31NO8/c1-23(7-6-18(30)26-19-14(27)5-4-13(20(19)31)22(32)33-3)16(28)9-17(29)25-10-12-8-15(21(23)25)34-24(12,2)11-25/h4-5,12,15,17,21,27,29,31H,6-11H2,1-3H3,(H,26,30)/t12-,15+,17-,21?,23-,24+,25+/m1/s1. The predicted octanol–water partition coefficient (Wildman–Crippen LogP) is 2.52. The average Bonchev–Trinajstić information content (AvgIpc) is 3.15. The van der Waals surface area contributed by atoms with Gasteiger partial charge >= 0.3 is 5.97 Å². The maximum absolute atomic E-state index is 13.2. The van der Waals surface area contributed by atoms with E-state index in [4.69, 9.17) is 4.74 Å². The van der Waals surface area contributed by atoms with Crippen LogP contribution in [-0.4, -0.2) is 57.9 Å². The van der Waals surface area contributed by atoms with Gasteiger partial charge in [0.25, 0.3) is 0 Å². The minimum atomic E-state index is -0.837. The minimum Gasteiger partial charge on any atom is -0.506 e. The van der Waals surface area contributed by atoms with E-state index >= 15 is 0 Å². The number of phenols is 2. The Morgan fingerprint density at radius 1 is 1.26 bits per heavy atom. The Balaban J connectivity index is 1.36. The van der Waals surface area contributed by atoms with Gasteiger partial charge in [-0.15, -0.1) is 0 Å². The van der Waals surface area contributed by atoms with Gasteiger partial charge in [-0.1, -0.05) is 6.92 Å². The van der Waals surface area contributed by atoms with E-state index in [1.807, 2.05) is 6.92 Å². The Morgan fingerprint density at radius 2 is 2.00 bits per heavy atom. The summed E-state index contributed by atoms with van der Waals surface area (Å²) in [7, 11) is 1.16. The summed E-state index contributed by atoms with van der Waals surface area (Å²) in [5, 5.41) is 34.0. The normalized spacial score (nSPS) is 39.7. The molecule has 4 N–H and O–H groups in total. The second-order valence-electron chi connectivity index (χ2n) is 10.9. The van der Waals surface area contributed by atoms with E-state index in [0.29, 0.717) is 5.92 Å². The molecule has 1 amide bonds. The van der Waals surface area contributed by atoms with Crippen molar-refractivity contribution in [3.05, 3.63) is 17.7 Å². The molecule has 5 aliphatic rings. The molecule has 1 unspecified atom stereocenters. The number of aliphatic hydroxyl groups is 1. The molecule has 3 aliphatic carbocycles. The lowest BCUT2D eigenvalue weighted by molar-refractivity contribution is -0.218. The fourth-order valence-corrected chi connectivity index (χ4v) is 7.64. The number of benzene rings is 1. The van der Waals surface area contributed by atoms with Gasteiger partial charge in [0.1, 0.15) is 22.8 Å². The second-order valence-corrected chi connectivity index (χ2v) is 10.9. The van der Waals surface area contributed by atoms with Crippen molar-refractivity contribution >= 4 is 23.3 Å². The SMILES string of the molecule is COC(=O)c1ccc(O)c(NC(=O)CC[C@]2(C)C(=O)C[C@@H](O)[C@]34C[C@H]5C[C@H](O[C@@]5(C)C3)C42)c1O. The number of esters is 1. The van der Waals surface area contributed by atoms with Gasteiger partial charge in [0.2, 0.25) is 5.91 Å². The van der Waals surface area contributed by atoms with Crippen molar-refractivity contribution in [3.63, 3.8) is 0 Å². The van der Waals surface area contributed by atoms with Gasteiger partial charge in [0, 0.05) is 29.6 Å². The van der Waals surface area contributed by atoms with E-state index in [9.17, 15) is 29.7 Å². The molecule has 9 heteroatoms. The Hall–Kier alpha value is -2.65. The molecule has 0 radical (unpaired) electrons. The van der Waals surface area contributed by atoms with Crippen LogP contribution >= 0.6 is 0 Å². The van der Waals surface area contributed by atoms with E-state index in [1.165, 1.54) is 12.1 Å². The molecule has 184 valence electrons. The van der Waals surface area contributed by atoms with Crippen molar-refractivity contribution in [2.45, 2.75) is 70.2 Å². The summed E-state index contributed by atoms with van der Waals surface area (Å²) in [4.78, 5) is 37.9. The van der Waals surface area contributed by atoms with Gasteiger partial charge in [-0.05, 0) is 50.7 Å². The van der Waals surface area contributed by atoms with Crippen LogP contribution < -0.4 is 5.32 Å². The highest BCUT2D eigenvalue weighted by atomic mass is 16.5. The molecule has 5 fully saturated rings. The number of anilines is 1. The molecule has 1 spiro atoms. The maximum Gasteiger partial charge on any atom is 0.341 e. The fraction of sp³-hybridized carbons (Fsp3) is 0.640. The highest BCUT2D eigenvalue weighted by Crippen LogP contribution is 2.73. The van der Waals surface area contributed by atoms with Gasteiger partial charge in [-0.2, -0.15) is 0 Å². The summed E-state index contributed by atoms with van der Waals surface area (Å²) in [5.74, 6) is -2.15. The second kappa shape index (κ2) is 7.42. The quantitative estimate of drug-likeness (QED) is 0.377. The highest BCUT2D eigenvalue weighted by Gasteiger charge is 2.75. The van der Waals surface area contributed by atoms with E-state index < -0.39 is 34.9 Å². The van der Waals surface area contributed by atoms with Crippen LogP contribution in [0.3, 0.4) is 0 Å². The molecule has 34 heavy (non-hydrogen) atoms. The third kappa shape index (κ3) is 3.02. The number of carbonyl (C=O) groups is 3. The summed E-state index contributed by atoms with van der Waals surface area (Å²) in [6.45, 7) is 3.99. The largest absolute Gasteiger partial charge is 0.506 e. The first-order valence-corrected chi connectivity index (χ1v) is 11.8. The Bertz CT molecular complexity index is 1090. The smallest absolute Gasteiger partial charge is 0.341 e. The Morgan fingerprint density at radius 3 is 2.68 bits per heavy atom. The molecule has 9 nitrogen and oxygen atoms in total. The molecule has 4 bridgehead atoms. The topological polar surface area (TPSA) is 142 Å². The molecule has 2 aliphatic heterocycles. The van der Waals surface area contributed by atoms with Crippen LogP contribution in [0.25, 0.3) is 0 Å². The zero-order valence-electron chi connectivity index (χ0n) is 19.6. The zero-order chi connectivity index (χ0) is 24.6. The molecule has 6 rings (SSSR count). The van der Waals surface area contributed by atoms with Crippen molar-refractivity contribution in [3.8, 4) is 11.5 Å². The number of hydrogen-bond acceptors (Lipinski definition) is 8. The van der Waals surface area contributed by atoms with Gasteiger partial charge in [0.05, 0.1) is 24.9 Å². The summed E-state index contributed by atoms with van der Waals surface area (Å²) < 4.78 is 11.0. The zero-order valence-corrected chi connectivity index (χ0v) is 19.6. The number of ketones is 1. The highest BCUT2D eigenvalue weighted by molar-refractivity contribution is 6.00. The van der Waals surface area contributed by atoms with Crippen LogP contribution in [0.5, 0.6) is 11.5 Å². The van der Waals surface area contributed by atoms with Crippen LogP contribution in [0.4, 0.5) is 5.69 Å². The monoisotopic (exact) mass is 473 g/mol. The van der Waals surface area contributed by atoms with Gasteiger partial charge in [-0.3, -0.25) is 9.59 Å². The number of aromatic hydroxyl groups is 2. The molecule has 1 aromatic rings. The predicted molar refractivity (Wildman–Crippen MR) is 119 cm³/mol. The van der Waals surface area contributed by atoms with E-state index in [2.05, 4.69) is 17.0 Å². The van der Waals surface area contributed by atoms with Crippen LogP contribution in [0.1, 0.15) is 62.7 Å². The third-order valence-electron chi connectivity index (χ3n) is 9.16. The number of phenolic OH excluding ortho intramolecular Hbond substituents is 2. The number of amides is 1. The first-order chi connectivity index (χ1) is 15.9. The minimum absolute atomic E-state index is 0.0420. The van der Waals surface area contributed by atoms with Crippen molar-refractivity contribution in [2.24, 2.45) is 22.7 Å². The van der Waals surface area contributed by atoms with Gasteiger partial charge in [0.15, 0.2) is 5.75 Å². The molecular formula is C25H31NO8. The molecule has 0 aromatic heterocycles. The fourth-order valence-electron chi connectivity index (χ4n) is 7.64. The number of carbonyl (C=O) groups excluding carboxylic acids is 3. The van der Waals surface area contributed by atoms with Gasteiger partial charge in [-0.25, -0.2) is 4.79 Å². The lowest BCUT2D eigenvalue weighted by Crippen LogP contribution is -2.63. The van der Waals surface area contributed by atoms with E-state index in [1.54, 1.807) is 0 Å². The first kappa shape index (κ1) is 23.1. The maximum atomic E-state index is 13.2. The molecule has 7 atom stereocenters. The van der Waals surface area contributed by atoms with Crippen LogP contribution in [0.15, 0.2) is 12.1 Å². The average molecular weight is 474 g/mol. The molecule has 1 aromatic carbocycles. The third-order valence-corrected chi connectivity index (χ3v) is 9.16. The summed E-state index contributed by atoms with van der Waals surface area (Å²) >= 11 is 0. The Kier molecular flexibility index (Phi) is 5.04. The molecule has 2 heterocycles. The lowest BCUT2D eigenvalue weighted by Gasteiger charge is -2.59. The summed E-state index contributed by atoms with van der Waals surface area (Å²) in [6, 6.07) is 2.38. The number of nitrogens with one attached hydrogen (secondary N) is 1. The van der Waals surface area contributed by atoms with Gasteiger partial charge < -0.3 is 30.1 Å². The van der Waals surface area contributed by atoms with Crippen molar-refractivity contribution < 1.29 is 39.2 Å². The Labute approximate surface area is 197 Å². The number of ether oxygens (including phenoxy) is 2. The lowest BCUT2D eigenvalue weighted by atomic mass is 9.47. The van der Waals surface area contributed by atoms with E-state index in [-0.39, 0.29) is 59.3 Å². The van der Waals surface area contributed by atoms with Crippen LogP contribution in [-0.2, 0) is 19.1 Å². The van der Waals surface area contributed by atoms with Crippen LogP contribution in [0, 0.1) is 22.7 Å². The van der Waals surface area contributed by atoms with E-state index in [0.717, 1.165) is 26.4 Å². The number of hydrogen-bond donors (Lipinski definition) is 4. The van der Waals surface area contributed by atoms with Crippen molar-refractivity contribution in [1.82, 2.24) is 0 Å². The summed E-state index contributed by atoms with van der Waals surface area (Å²) in [6.07, 6.45) is 1.90. The van der Waals surface area contributed by atoms with Crippen LogP contribution in [0.2, 0.25) is 0 Å². The molecule has 2 saturated heterocycles. The van der Waals surface area contributed by atoms with Crippen molar-refractivity contribution in [2.75, 3.05) is 12.4 Å². The number of Topliss-reactive ketones (excluding diaryl/α,β-unsaturated/α-hetero) is 1. The number of methoxy groups -OCH3 is 1. The summed E-state index contributed by atoms with van der Waals surface area (Å²) in [5.41, 5.74) is -1.93. The number of aliphatic hydroxyl groups excluding tert-OH is 1.